The number of rotatable bonds is 5. The van der Waals surface area contributed by atoms with E-state index in [1.807, 2.05) is 24.3 Å². The van der Waals surface area contributed by atoms with E-state index in [0.29, 0.717) is 11.4 Å². The summed E-state index contributed by atoms with van der Waals surface area (Å²) in [6, 6.07) is 11.4. The normalized spacial score (nSPS) is 12.7. The molecule has 0 saturated heterocycles. The van der Waals surface area contributed by atoms with Crippen LogP contribution in [0.2, 0.25) is 0 Å². The van der Waals surface area contributed by atoms with Crippen molar-refractivity contribution in [2.24, 2.45) is 0 Å². The van der Waals surface area contributed by atoms with E-state index < -0.39 is 10.0 Å². The highest BCUT2D eigenvalue weighted by Crippen LogP contribution is 2.34. The Kier molecular flexibility index (Phi) is 4.70. The molecule has 0 aliphatic heterocycles. The Morgan fingerprint density at radius 1 is 1.31 bits per heavy atom. The number of fused-ring (bicyclic) bond motifs is 1. The molecule has 0 unspecified atom stereocenters. The summed E-state index contributed by atoms with van der Waals surface area (Å²) in [7, 11) is -3.34. The molecule has 0 spiro atoms. The Balaban J connectivity index is 2.19. The molecule has 7 heteroatoms. The van der Waals surface area contributed by atoms with Crippen molar-refractivity contribution in [3.05, 3.63) is 48.4 Å². The lowest BCUT2D eigenvalue weighted by atomic mass is 10.1. The third-order valence-electron chi connectivity index (χ3n) is 4.39. The van der Waals surface area contributed by atoms with Crippen molar-refractivity contribution < 1.29 is 8.42 Å². The van der Waals surface area contributed by atoms with Gasteiger partial charge in [-0.25, -0.2) is 13.4 Å². The van der Waals surface area contributed by atoms with Crippen molar-refractivity contribution in [3.8, 4) is 17.2 Å². The van der Waals surface area contributed by atoms with Crippen LogP contribution in [0.3, 0.4) is 0 Å². The summed E-state index contributed by atoms with van der Waals surface area (Å²) in [4.78, 5) is 4.16. The van der Waals surface area contributed by atoms with Crippen molar-refractivity contribution in [2.45, 2.75) is 26.3 Å². The first kappa shape index (κ1) is 18.0. The molecule has 0 aliphatic carbocycles. The zero-order valence-corrected chi connectivity index (χ0v) is 15.7. The van der Waals surface area contributed by atoms with Crippen molar-refractivity contribution in [3.63, 3.8) is 0 Å². The molecule has 6 nitrogen and oxygen atoms in total. The fraction of sp³-hybridized carbons (Fsp3) is 0.263. The first-order valence-corrected chi connectivity index (χ1v) is 10.2. The molecular formula is C19H20N4O2S. The molecule has 1 atom stereocenters. The average molecular weight is 368 g/mol. The molecule has 0 bridgehead atoms. The van der Waals surface area contributed by atoms with Crippen LogP contribution in [0.5, 0.6) is 0 Å². The molecule has 3 aromatic rings. The molecule has 2 heterocycles. The first-order valence-electron chi connectivity index (χ1n) is 8.31. The van der Waals surface area contributed by atoms with E-state index in [1.165, 1.54) is 0 Å². The highest BCUT2D eigenvalue weighted by atomic mass is 32.2. The third-order valence-corrected chi connectivity index (χ3v) is 5.00. The van der Waals surface area contributed by atoms with Gasteiger partial charge in [-0.2, -0.15) is 5.26 Å². The molecular weight excluding hydrogens is 348 g/mol. The number of nitriles is 1. The molecule has 26 heavy (non-hydrogen) atoms. The fourth-order valence-corrected chi connectivity index (χ4v) is 3.49. The minimum absolute atomic E-state index is 0.256. The number of benzene rings is 1. The molecule has 0 fully saturated rings. The predicted octanol–water partition coefficient (Wildman–Crippen LogP) is 3.92. The van der Waals surface area contributed by atoms with E-state index in [2.05, 4.69) is 34.3 Å². The van der Waals surface area contributed by atoms with Crippen LogP contribution in [-0.2, 0) is 10.0 Å². The number of hydrogen-bond acceptors (Lipinski definition) is 4. The maximum atomic E-state index is 11.5. The summed E-state index contributed by atoms with van der Waals surface area (Å²) < 4.78 is 27.8. The lowest BCUT2D eigenvalue weighted by molar-refractivity contribution is 0.548. The summed E-state index contributed by atoms with van der Waals surface area (Å²) in [5, 5.41) is 9.94. The van der Waals surface area contributed by atoms with Gasteiger partial charge >= 0.3 is 0 Å². The molecule has 0 amide bonds. The van der Waals surface area contributed by atoms with Crippen LogP contribution in [-0.4, -0.2) is 24.2 Å². The molecule has 1 aromatic carbocycles. The van der Waals surface area contributed by atoms with E-state index in [4.69, 9.17) is 5.26 Å². The summed E-state index contributed by atoms with van der Waals surface area (Å²) in [6.07, 6.45) is 5.83. The van der Waals surface area contributed by atoms with Gasteiger partial charge in [0.2, 0.25) is 10.0 Å². The van der Waals surface area contributed by atoms with Gasteiger partial charge in [0.25, 0.3) is 0 Å². The summed E-state index contributed by atoms with van der Waals surface area (Å²) in [5.41, 5.74) is 3.78. The number of sulfonamides is 1. The monoisotopic (exact) mass is 368 g/mol. The van der Waals surface area contributed by atoms with E-state index in [1.54, 1.807) is 18.3 Å². The fourth-order valence-electron chi connectivity index (χ4n) is 2.94. The number of hydrogen-bond donors (Lipinski definition) is 1. The predicted molar refractivity (Wildman–Crippen MR) is 103 cm³/mol. The molecule has 3 rings (SSSR count). The Morgan fingerprint density at radius 2 is 2.08 bits per heavy atom. The maximum Gasteiger partial charge on any atom is 0.229 e. The Morgan fingerprint density at radius 3 is 2.65 bits per heavy atom. The smallest absolute Gasteiger partial charge is 0.229 e. The van der Waals surface area contributed by atoms with Crippen LogP contribution in [0.25, 0.3) is 22.0 Å². The van der Waals surface area contributed by atoms with Crippen LogP contribution in [0, 0.1) is 11.3 Å². The Hall–Kier alpha value is -2.85. The molecule has 134 valence electrons. The van der Waals surface area contributed by atoms with Crippen LogP contribution < -0.4 is 4.72 Å². The first-order chi connectivity index (χ1) is 12.3. The zero-order valence-electron chi connectivity index (χ0n) is 14.9. The van der Waals surface area contributed by atoms with Gasteiger partial charge in [-0.3, -0.25) is 4.72 Å². The van der Waals surface area contributed by atoms with Gasteiger partial charge in [-0.1, -0.05) is 13.0 Å². The number of aromatic nitrogens is 2. The van der Waals surface area contributed by atoms with Crippen molar-refractivity contribution in [2.75, 3.05) is 11.0 Å². The third kappa shape index (κ3) is 3.55. The van der Waals surface area contributed by atoms with Gasteiger partial charge in [-0.05, 0) is 37.6 Å². The van der Waals surface area contributed by atoms with E-state index in [-0.39, 0.29) is 6.04 Å². The number of nitrogens with one attached hydrogen (secondary N) is 1. The summed E-state index contributed by atoms with van der Waals surface area (Å²) in [5.74, 6) is 0. The summed E-state index contributed by atoms with van der Waals surface area (Å²) in [6.45, 7) is 4.23. The van der Waals surface area contributed by atoms with Gasteiger partial charge in [0.15, 0.2) is 0 Å². The van der Waals surface area contributed by atoms with Crippen molar-refractivity contribution in [1.82, 2.24) is 9.55 Å². The molecule has 0 aliphatic rings. The Bertz CT molecular complexity index is 1090. The van der Waals surface area contributed by atoms with E-state index >= 15 is 0 Å². The molecule has 2 aromatic heterocycles. The second kappa shape index (κ2) is 6.81. The minimum Gasteiger partial charge on any atom is -0.344 e. The maximum absolute atomic E-state index is 11.5. The molecule has 1 N–H and O–H groups in total. The quantitative estimate of drug-likeness (QED) is 0.739. The molecule has 0 saturated carbocycles. The molecule has 0 radical (unpaired) electrons. The average Bonchev–Trinajstić information content (AvgIpc) is 2.98. The lowest BCUT2D eigenvalue weighted by Gasteiger charge is -2.13. The van der Waals surface area contributed by atoms with Gasteiger partial charge in [0.05, 0.1) is 17.5 Å². The zero-order chi connectivity index (χ0) is 18.9. The SMILES string of the molecule is CC[C@H](C)n1cc(-c2ccc(C#N)nc2)c2ccc(NS(C)(=O)=O)cc21. The van der Waals surface area contributed by atoms with Gasteiger partial charge < -0.3 is 4.57 Å². The van der Waals surface area contributed by atoms with Gasteiger partial charge in [0, 0.05) is 34.9 Å². The van der Waals surface area contributed by atoms with Gasteiger partial charge in [-0.15, -0.1) is 0 Å². The summed E-state index contributed by atoms with van der Waals surface area (Å²) >= 11 is 0. The topological polar surface area (TPSA) is 87.8 Å². The van der Waals surface area contributed by atoms with Gasteiger partial charge in [0.1, 0.15) is 11.8 Å². The van der Waals surface area contributed by atoms with E-state index in [9.17, 15) is 8.42 Å². The highest BCUT2D eigenvalue weighted by molar-refractivity contribution is 7.92. The lowest BCUT2D eigenvalue weighted by Crippen LogP contribution is -2.09. The van der Waals surface area contributed by atoms with Crippen LogP contribution in [0.4, 0.5) is 5.69 Å². The van der Waals surface area contributed by atoms with E-state index in [0.717, 1.165) is 34.7 Å². The Labute approximate surface area is 153 Å². The van der Waals surface area contributed by atoms with Crippen LogP contribution >= 0.6 is 0 Å². The number of anilines is 1. The standard InChI is InChI=1S/C19H20N4O2S/c1-4-13(2)23-12-18(14-5-6-16(10-20)21-11-14)17-8-7-15(9-19(17)23)22-26(3,24)25/h5-9,11-13,22H,4H2,1-3H3/t13-/m0/s1. The second-order valence-corrected chi connectivity index (χ2v) is 8.11. The van der Waals surface area contributed by atoms with Crippen LogP contribution in [0.15, 0.2) is 42.7 Å². The number of pyridine rings is 1. The minimum atomic E-state index is -3.34. The van der Waals surface area contributed by atoms with Crippen molar-refractivity contribution in [1.29, 1.82) is 5.26 Å². The largest absolute Gasteiger partial charge is 0.344 e. The van der Waals surface area contributed by atoms with Crippen molar-refractivity contribution >= 4 is 26.6 Å². The second-order valence-electron chi connectivity index (χ2n) is 6.36. The number of nitrogens with zero attached hydrogens (tertiary/aromatic N) is 3. The van der Waals surface area contributed by atoms with Crippen LogP contribution in [0.1, 0.15) is 32.0 Å². The highest BCUT2D eigenvalue weighted by Gasteiger charge is 2.15.